The summed E-state index contributed by atoms with van der Waals surface area (Å²) >= 11 is 0. The Labute approximate surface area is 131 Å². The predicted molar refractivity (Wildman–Crippen MR) is 86.0 cm³/mol. The predicted octanol–water partition coefficient (Wildman–Crippen LogP) is 2.03. The fraction of sp³-hybridized carbons (Fsp3) is 0.533. The lowest BCUT2D eigenvalue weighted by atomic mass is 9.80. The highest BCUT2D eigenvalue weighted by molar-refractivity contribution is 7.89. The second-order valence-electron chi connectivity index (χ2n) is 5.56. The normalized spacial score (nSPS) is 12.9. The lowest BCUT2D eigenvalue weighted by Crippen LogP contribution is -2.37. The standard InChI is InChI=1S/C15H23N3O3S/c1-3-15(4-2,7-9-19)11-18-22(20,21)13-10-17-14-12(13)6-5-8-16-14/h5-6,8,10,18-19H,3-4,7,9,11H2,1-2H3,(H,16,17). The van der Waals surface area contributed by atoms with Gasteiger partial charge in [-0.05, 0) is 36.8 Å². The quantitative estimate of drug-likeness (QED) is 0.692. The van der Waals surface area contributed by atoms with Crippen LogP contribution in [-0.2, 0) is 10.0 Å². The molecular weight excluding hydrogens is 302 g/mol. The molecule has 7 heteroatoms. The fourth-order valence-corrected chi connectivity index (χ4v) is 3.98. The van der Waals surface area contributed by atoms with Crippen molar-refractivity contribution in [1.29, 1.82) is 0 Å². The van der Waals surface area contributed by atoms with Crippen LogP contribution < -0.4 is 4.72 Å². The van der Waals surface area contributed by atoms with Crippen molar-refractivity contribution >= 4 is 21.1 Å². The molecule has 0 aliphatic carbocycles. The first kappa shape index (κ1) is 16.9. The van der Waals surface area contributed by atoms with Crippen LogP contribution in [0.5, 0.6) is 0 Å². The summed E-state index contributed by atoms with van der Waals surface area (Å²) in [6.07, 6.45) is 5.27. The lowest BCUT2D eigenvalue weighted by Gasteiger charge is -2.31. The molecule has 2 heterocycles. The molecule has 122 valence electrons. The SMILES string of the molecule is CCC(CC)(CCO)CNS(=O)(=O)c1c[nH]c2ncccc12. The van der Waals surface area contributed by atoms with Crippen molar-refractivity contribution in [3.63, 3.8) is 0 Å². The van der Waals surface area contributed by atoms with E-state index in [9.17, 15) is 13.5 Å². The molecule has 2 aromatic rings. The number of sulfonamides is 1. The summed E-state index contributed by atoms with van der Waals surface area (Å²) < 4.78 is 27.8. The first-order chi connectivity index (χ1) is 10.5. The number of nitrogens with zero attached hydrogens (tertiary/aromatic N) is 1. The largest absolute Gasteiger partial charge is 0.396 e. The fourth-order valence-electron chi connectivity index (χ4n) is 2.66. The highest BCUT2D eigenvalue weighted by atomic mass is 32.2. The minimum atomic E-state index is -3.62. The van der Waals surface area contributed by atoms with E-state index >= 15 is 0 Å². The van der Waals surface area contributed by atoms with Crippen LogP contribution in [0.1, 0.15) is 33.1 Å². The zero-order valence-corrected chi connectivity index (χ0v) is 13.8. The molecule has 6 nitrogen and oxygen atoms in total. The molecule has 0 atom stereocenters. The molecule has 2 rings (SSSR count). The average Bonchev–Trinajstić information content (AvgIpc) is 2.96. The van der Waals surface area contributed by atoms with Gasteiger partial charge in [0.15, 0.2) is 0 Å². The van der Waals surface area contributed by atoms with Crippen LogP contribution in [0.2, 0.25) is 0 Å². The van der Waals surface area contributed by atoms with Crippen LogP contribution in [0, 0.1) is 5.41 Å². The summed E-state index contributed by atoms with van der Waals surface area (Å²) in [7, 11) is -3.62. The zero-order chi connectivity index (χ0) is 16.2. The number of aromatic amines is 1. The van der Waals surface area contributed by atoms with E-state index < -0.39 is 10.0 Å². The van der Waals surface area contributed by atoms with E-state index in [2.05, 4.69) is 14.7 Å². The molecule has 0 aliphatic heterocycles. The van der Waals surface area contributed by atoms with Gasteiger partial charge in [0.05, 0.1) is 0 Å². The van der Waals surface area contributed by atoms with Gasteiger partial charge in [0, 0.05) is 30.9 Å². The van der Waals surface area contributed by atoms with Crippen molar-refractivity contribution < 1.29 is 13.5 Å². The van der Waals surface area contributed by atoms with Gasteiger partial charge < -0.3 is 10.1 Å². The third kappa shape index (κ3) is 3.31. The van der Waals surface area contributed by atoms with Crippen molar-refractivity contribution in [2.75, 3.05) is 13.2 Å². The molecule has 3 N–H and O–H groups in total. The lowest BCUT2D eigenvalue weighted by molar-refractivity contribution is 0.170. The highest BCUT2D eigenvalue weighted by Crippen LogP contribution is 2.30. The van der Waals surface area contributed by atoms with Gasteiger partial charge in [0.25, 0.3) is 0 Å². The Kier molecular flexibility index (Phi) is 5.20. The zero-order valence-electron chi connectivity index (χ0n) is 13.0. The molecule has 0 bridgehead atoms. The monoisotopic (exact) mass is 325 g/mol. The van der Waals surface area contributed by atoms with Gasteiger partial charge in [-0.1, -0.05) is 13.8 Å². The number of aromatic nitrogens is 2. The smallest absolute Gasteiger partial charge is 0.242 e. The second kappa shape index (κ2) is 6.76. The number of nitrogens with one attached hydrogen (secondary N) is 2. The molecular formula is C15H23N3O3S. The maximum absolute atomic E-state index is 12.6. The molecule has 0 aromatic carbocycles. The van der Waals surface area contributed by atoms with E-state index in [4.69, 9.17) is 0 Å². The summed E-state index contributed by atoms with van der Waals surface area (Å²) in [6.45, 7) is 4.41. The number of H-pyrrole nitrogens is 1. The van der Waals surface area contributed by atoms with Crippen LogP contribution in [0.3, 0.4) is 0 Å². The van der Waals surface area contributed by atoms with Crippen molar-refractivity contribution in [3.8, 4) is 0 Å². The van der Waals surface area contributed by atoms with Gasteiger partial charge in [-0.25, -0.2) is 18.1 Å². The number of pyridine rings is 1. The van der Waals surface area contributed by atoms with E-state index in [0.717, 1.165) is 12.8 Å². The summed E-state index contributed by atoms with van der Waals surface area (Å²) in [4.78, 5) is 7.19. The first-order valence-electron chi connectivity index (χ1n) is 7.50. The van der Waals surface area contributed by atoms with Gasteiger partial charge in [-0.2, -0.15) is 0 Å². The maximum atomic E-state index is 12.6. The topological polar surface area (TPSA) is 95.1 Å². The Hall–Kier alpha value is -1.44. The van der Waals surface area contributed by atoms with Crippen molar-refractivity contribution in [2.45, 2.75) is 38.0 Å². The Morgan fingerprint density at radius 2 is 2.09 bits per heavy atom. The number of hydrogen-bond acceptors (Lipinski definition) is 4. The molecule has 0 spiro atoms. The molecule has 2 aromatic heterocycles. The van der Waals surface area contributed by atoms with E-state index in [1.165, 1.54) is 6.20 Å². The van der Waals surface area contributed by atoms with E-state index in [-0.39, 0.29) is 16.9 Å². The first-order valence-corrected chi connectivity index (χ1v) is 8.99. The highest BCUT2D eigenvalue weighted by Gasteiger charge is 2.29. The van der Waals surface area contributed by atoms with Crippen molar-refractivity contribution in [3.05, 3.63) is 24.5 Å². The third-order valence-electron chi connectivity index (χ3n) is 4.48. The number of hydrogen-bond donors (Lipinski definition) is 3. The number of aliphatic hydroxyl groups excluding tert-OH is 1. The molecule has 0 saturated carbocycles. The number of fused-ring (bicyclic) bond motifs is 1. The van der Waals surface area contributed by atoms with Crippen molar-refractivity contribution in [2.24, 2.45) is 5.41 Å². The molecule has 0 saturated heterocycles. The molecule has 0 fully saturated rings. The van der Waals surface area contributed by atoms with E-state index in [1.807, 2.05) is 13.8 Å². The van der Waals surface area contributed by atoms with Gasteiger partial charge in [0.2, 0.25) is 10.0 Å². The minimum absolute atomic E-state index is 0.0560. The van der Waals surface area contributed by atoms with Crippen LogP contribution in [0.15, 0.2) is 29.4 Å². The summed E-state index contributed by atoms with van der Waals surface area (Å²) in [6, 6.07) is 3.44. The summed E-state index contributed by atoms with van der Waals surface area (Å²) in [5.41, 5.74) is 0.335. The third-order valence-corrected chi connectivity index (χ3v) is 5.92. The number of rotatable bonds is 8. The Bertz CT molecular complexity index is 720. The molecule has 0 unspecified atom stereocenters. The van der Waals surface area contributed by atoms with Crippen LogP contribution in [-0.4, -0.2) is 36.6 Å². The van der Waals surface area contributed by atoms with Gasteiger partial charge in [-0.15, -0.1) is 0 Å². The minimum Gasteiger partial charge on any atom is -0.396 e. The second-order valence-corrected chi connectivity index (χ2v) is 7.29. The Morgan fingerprint density at radius 3 is 2.73 bits per heavy atom. The van der Waals surface area contributed by atoms with Crippen molar-refractivity contribution in [1.82, 2.24) is 14.7 Å². The molecule has 0 amide bonds. The van der Waals surface area contributed by atoms with E-state index in [0.29, 0.717) is 24.0 Å². The number of aliphatic hydroxyl groups is 1. The van der Waals surface area contributed by atoms with Gasteiger partial charge >= 0.3 is 0 Å². The molecule has 0 radical (unpaired) electrons. The van der Waals surface area contributed by atoms with Crippen LogP contribution in [0.25, 0.3) is 11.0 Å². The van der Waals surface area contributed by atoms with Gasteiger partial charge in [-0.3, -0.25) is 0 Å². The Balaban J connectivity index is 2.24. The molecule has 22 heavy (non-hydrogen) atoms. The van der Waals surface area contributed by atoms with Crippen LogP contribution >= 0.6 is 0 Å². The van der Waals surface area contributed by atoms with Crippen LogP contribution in [0.4, 0.5) is 0 Å². The summed E-state index contributed by atoms with van der Waals surface area (Å²) in [5.74, 6) is 0. The Morgan fingerprint density at radius 1 is 1.36 bits per heavy atom. The van der Waals surface area contributed by atoms with E-state index in [1.54, 1.807) is 18.3 Å². The van der Waals surface area contributed by atoms with Gasteiger partial charge in [0.1, 0.15) is 10.5 Å². The molecule has 0 aliphatic rings. The summed E-state index contributed by atoms with van der Waals surface area (Å²) in [5, 5.41) is 9.81. The maximum Gasteiger partial charge on any atom is 0.242 e. The average molecular weight is 325 g/mol.